The molecule has 0 atom stereocenters. The number of fused-ring (bicyclic) bond motifs is 1. The number of para-hydroxylation sites is 1. The van der Waals surface area contributed by atoms with Crippen molar-refractivity contribution in [1.82, 2.24) is 24.2 Å². The van der Waals surface area contributed by atoms with Gasteiger partial charge >= 0.3 is 0 Å². The lowest BCUT2D eigenvalue weighted by Gasteiger charge is -2.36. The fourth-order valence-electron chi connectivity index (χ4n) is 4.81. The summed E-state index contributed by atoms with van der Waals surface area (Å²) in [4.78, 5) is 21.8. The summed E-state index contributed by atoms with van der Waals surface area (Å²) in [5.41, 5.74) is 5.48. The number of piperazine rings is 1. The van der Waals surface area contributed by atoms with E-state index < -0.39 is 0 Å². The van der Waals surface area contributed by atoms with E-state index in [2.05, 4.69) is 39.7 Å². The van der Waals surface area contributed by atoms with Crippen LogP contribution in [0.2, 0.25) is 0 Å². The third-order valence-corrected chi connectivity index (χ3v) is 6.39. The molecular formula is C25H28N6O. The number of rotatable bonds is 4. The van der Waals surface area contributed by atoms with Crippen LogP contribution in [0.5, 0.6) is 0 Å². The molecule has 7 heteroatoms. The van der Waals surface area contributed by atoms with E-state index in [-0.39, 0.29) is 5.91 Å². The van der Waals surface area contributed by atoms with E-state index in [9.17, 15) is 4.79 Å². The molecule has 0 aliphatic carbocycles. The van der Waals surface area contributed by atoms with Gasteiger partial charge in [0.25, 0.3) is 0 Å². The van der Waals surface area contributed by atoms with Crippen molar-refractivity contribution in [2.24, 2.45) is 7.05 Å². The van der Waals surface area contributed by atoms with Crippen molar-refractivity contribution in [1.29, 1.82) is 0 Å². The molecule has 7 nitrogen and oxygen atoms in total. The van der Waals surface area contributed by atoms with E-state index in [0.717, 1.165) is 65.5 Å². The number of aryl methyl sites for hydroxylation is 2. The van der Waals surface area contributed by atoms with Gasteiger partial charge in [0.2, 0.25) is 5.91 Å². The van der Waals surface area contributed by atoms with Gasteiger partial charge in [-0.05, 0) is 37.6 Å². The van der Waals surface area contributed by atoms with Gasteiger partial charge in [-0.2, -0.15) is 5.10 Å². The number of anilines is 1. The molecule has 5 rings (SSSR count). The van der Waals surface area contributed by atoms with Crippen LogP contribution in [0, 0.1) is 13.8 Å². The zero-order valence-corrected chi connectivity index (χ0v) is 18.8. The zero-order chi connectivity index (χ0) is 22.2. The molecule has 3 aromatic heterocycles. The van der Waals surface area contributed by atoms with Gasteiger partial charge in [-0.1, -0.05) is 24.3 Å². The maximum atomic E-state index is 13.1. The minimum absolute atomic E-state index is 0.193. The molecule has 0 saturated carbocycles. The highest BCUT2D eigenvalue weighted by atomic mass is 16.2. The van der Waals surface area contributed by atoms with Gasteiger partial charge < -0.3 is 14.4 Å². The average molecular weight is 429 g/mol. The summed E-state index contributed by atoms with van der Waals surface area (Å²) in [6.45, 7) is 7.17. The Morgan fingerprint density at radius 2 is 1.75 bits per heavy atom. The number of amides is 1. The van der Waals surface area contributed by atoms with Gasteiger partial charge in [0, 0.05) is 56.5 Å². The molecule has 0 unspecified atom stereocenters. The fourth-order valence-corrected chi connectivity index (χ4v) is 4.81. The minimum atomic E-state index is 0.193. The van der Waals surface area contributed by atoms with Crippen LogP contribution in [0.15, 0.2) is 54.9 Å². The summed E-state index contributed by atoms with van der Waals surface area (Å²) in [5.74, 6) is 1.02. The predicted molar refractivity (Wildman–Crippen MR) is 126 cm³/mol. The average Bonchev–Trinajstić information content (AvgIpc) is 3.30. The lowest BCUT2D eigenvalue weighted by molar-refractivity contribution is -0.130. The molecule has 164 valence electrons. The summed E-state index contributed by atoms with van der Waals surface area (Å²) < 4.78 is 4.00. The zero-order valence-electron chi connectivity index (χ0n) is 18.8. The van der Waals surface area contributed by atoms with Crippen LogP contribution in [-0.2, 0) is 18.3 Å². The van der Waals surface area contributed by atoms with E-state index in [4.69, 9.17) is 5.10 Å². The molecule has 0 bridgehead atoms. The molecule has 0 radical (unpaired) electrons. The number of carbonyl (C=O) groups is 1. The molecule has 1 fully saturated rings. The van der Waals surface area contributed by atoms with E-state index in [0.29, 0.717) is 6.42 Å². The second-order valence-electron chi connectivity index (χ2n) is 8.45. The number of aromatic nitrogens is 4. The second-order valence-corrected chi connectivity index (χ2v) is 8.45. The summed E-state index contributed by atoms with van der Waals surface area (Å²) >= 11 is 0. The van der Waals surface area contributed by atoms with Crippen molar-refractivity contribution in [3.8, 4) is 5.82 Å². The summed E-state index contributed by atoms with van der Waals surface area (Å²) in [6.07, 6.45) is 4.31. The van der Waals surface area contributed by atoms with E-state index in [1.165, 1.54) is 0 Å². The first-order valence-electron chi connectivity index (χ1n) is 11.1. The lowest BCUT2D eigenvalue weighted by Crippen LogP contribution is -2.49. The van der Waals surface area contributed by atoms with Crippen LogP contribution in [0.4, 0.5) is 5.69 Å². The second kappa shape index (κ2) is 8.15. The van der Waals surface area contributed by atoms with Crippen LogP contribution < -0.4 is 4.90 Å². The maximum absolute atomic E-state index is 13.1. The Morgan fingerprint density at radius 3 is 2.50 bits per heavy atom. The highest BCUT2D eigenvalue weighted by Crippen LogP contribution is 2.27. The molecule has 0 spiro atoms. The van der Waals surface area contributed by atoms with Gasteiger partial charge in [0.05, 0.1) is 23.5 Å². The Labute approximate surface area is 187 Å². The third-order valence-electron chi connectivity index (χ3n) is 6.39. The Kier molecular flexibility index (Phi) is 5.17. The first-order valence-corrected chi connectivity index (χ1v) is 11.1. The van der Waals surface area contributed by atoms with Crippen LogP contribution in [0.3, 0.4) is 0 Å². The van der Waals surface area contributed by atoms with Gasteiger partial charge in [0.1, 0.15) is 0 Å². The maximum Gasteiger partial charge on any atom is 0.227 e. The first kappa shape index (κ1) is 20.3. The van der Waals surface area contributed by atoms with E-state index in [1.807, 2.05) is 53.9 Å². The van der Waals surface area contributed by atoms with E-state index >= 15 is 0 Å². The largest absolute Gasteiger partial charge is 0.365 e. The molecule has 1 amide bonds. The number of hydrogen-bond donors (Lipinski definition) is 0. The molecule has 1 aromatic carbocycles. The predicted octanol–water partition coefficient (Wildman–Crippen LogP) is 3.27. The molecule has 4 heterocycles. The smallest absolute Gasteiger partial charge is 0.227 e. The summed E-state index contributed by atoms with van der Waals surface area (Å²) in [6, 6.07) is 14.1. The van der Waals surface area contributed by atoms with Crippen LogP contribution in [0.25, 0.3) is 16.7 Å². The van der Waals surface area contributed by atoms with Gasteiger partial charge in [-0.25, -0.2) is 9.67 Å². The van der Waals surface area contributed by atoms with Crippen molar-refractivity contribution >= 4 is 22.5 Å². The molecule has 1 aliphatic rings. The highest BCUT2D eigenvalue weighted by Gasteiger charge is 2.26. The SMILES string of the molecule is Cc1nn(-c2ccccn2)c(C)c1N1CCN(C(=O)Cc2cn(C)c3ccccc23)CC1. The van der Waals surface area contributed by atoms with Crippen molar-refractivity contribution in [2.75, 3.05) is 31.1 Å². The Hall–Kier alpha value is -3.61. The lowest BCUT2D eigenvalue weighted by atomic mass is 10.1. The normalized spacial score (nSPS) is 14.3. The standard InChI is InChI=1S/C25H28N6O/c1-18-25(19(2)31(27-18)23-10-6-7-11-26-23)30-14-12-29(13-15-30)24(32)16-20-17-28(3)22-9-5-4-8-21(20)22/h4-11,17H,12-16H2,1-3H3. The molecule has 1 aliphatic heterocycles. The fraction of sp³-hybridized carbons (Fsp3) is 0.320. The number of pyridine rings is 1. The van der Waals surface area contributed by atoms with Crippen LogP contribution in [-0.4, -0.2) is 56.3 Å². The molecule has 0 N–H and O–H groups in total. The van der Waals surface area contributed by atoms with Crippen LogP contribution in [0.1, 0.15) is 17.0 Å². The van der Waals surface area contributed by atoms with Crippen molar-refractivity contribution < 1.29 is 4.79 Å². The van der Waals surface area contributed by atoms with Gasteiger partial charge in [-0.3, -0.25) is 4.79 Å². The Morgan fingerprint density at radius 1 is 1.00 bits per heavy atom. The summed E-state index contributed by atoms with van der Waals surface area (Å²) in [5, 5.41) is 5.89. The molecule has 1 saturated heterocycles. The number of nitrogens with zero attached hydrogens (tertiary/aromatic N) is 6. The number of benzene rings is 1. The first-order chi connectivity index (χ1) is 15.5. The van der Waals surface area contributed by atoms with E-state index in [1.54, 1.807) is 6.20 Å². The number of carbonyl (C=O) groups excluding carboxylic acids is 1. The summed E-state index contributed by atoms with van der Waals surface area (Å²) in [7, 11) is 2.03. The van der Waals surface area contributed by atoms with Gasteiger partial charge in [-0.15, -0.1) is 0 Å². The Bertz CT molecular complexity index is 1260. The molecule has 32 heavy (non-hydrogen) atoms. The minimum Gasteiger partial charge on any atom is -0.365 e. The topological polar surface area (TPSA) is 59.2 Å². The quantitative estimate of drug-likeness (QED) is 0.501. The molecule has 4 aromatic rings. The Balaban J connectivity index is 1.28. The van der Waals surface area contributed by atoms with Crippen molar-refractivity contribution in [3.05, 3.63) is 71.8 Å². The third kappa shape index (κ3) is 3.53. The van der Waals surface area contributed by atoms with Crippen LogP contribution >= 0.6 is 0 Å². The highest BCUT2D eigenvalue weighted by molar-refractivity contribution is 5.89. The monoisotopic (exact) mass is 428 g/mol. The number of hydrogen-bond acceptors (Lipinski definition) is 4. The van der Waals surface area contributed by atoms with Gasteiger partial charge in [0.15, 0.2) is 5.82 Å². The van der Waals surface area contributed by atoms with Crippen molar-refractivity contribution in [2.45, 2.75) is 20.3 Å². The molecular weight excluding hydrogens is 400 g/mol. The van der Waals surface area contributed by atoms with Crippen molar-refractivity contribution in [3.63, 3.8) is 0 Å².